The molecular weight excluding hydrogens is 432 g/mol. The summed E-state index contributed by atoms with van der Waals surface area (Å²) < 4.78 is 3.86. The molecule has 33 heavy (non-hydrogen) atoms. The Bertz CT molecular complexity index is 1280. The molecule has 0 bridgehead atoms. The second-order valence-corrected chi connectivity index (χ2v) is 9.05. The predicted molar refractivity (Wildman–Crippen MR) is 130 cm³/mol. The van der Waals surface area contributed by atoms with Crippen molar-refractivity contribution in [1.82, 2.24) is 29.4 Å². The number of rotatable bonds is 6. The number of amides is 1. The SMILES string of the molecule is CCn1c(SCC(=O)N2CCc3ccccc3C2)nnc1-c1cn(C)nc1-c1ccccc1. The third-order valence-electron chi connectivity index (χ3n) is 5.96. The molecule has 1 amide bonds. The van der Waals surface area contributed by atoms with Crippen LogP contribution in [0, 0.1) is 0 Å². The van der Waals surface area contributed by atoms with E-state index >= 15 is 0 Å². The Hall–Kier alpha value is -3.39. The lowest BCUT2D eigenvalue weighted by Crippen LogP contribution is -2.37. The molecule has 4 aromatic rings. The molecule has 8 heteroatoms. The first-order chi connectivity index (χ1) is 16.1. The standard InChI is InChI=1S/C25H26N6OS/c1-3-31-24(21-16-29(2)28-23(21)19-10-5-4-6-11-19)26-27-25(31)33-17-22(32)30-14-13-18-9-7-8-12-20(18)15-30/h4-12,16H,3,13-15,17H2,1-2H3. The van der Waals surface area contributed by atoms with E-state index in [0.29, 0.717) is 18.8 Å². The molecule has 1 aliphatic heterocycles. The van der Waals surface area contributed by atoms with Crippen molar-refractivity contribution >= 4 is 17.7 Å². The van der Waals surface area contributed by atoms with Gasteiger partial charge < -0.3 is 9.47 Å². The number of hydrogen-bond donors (Lipinski definition) is 0. The van der Waals surface area contributed by atoms with Crippen molar-refractivity contribution in [2.45, 2.75) is 31.6 Å². The van der Waals surface area contributed by atoms with Gasteiger partial charge in [0, 0.05) is 38.4 Å². The lowest BCUT2D eigenvalue weighted by molar-refractivity contribution is -0.129. The topological polar surface area (TPSA) is 68.8 Å². The van der Waals surface area contributed by atoms with E-state index in [0.717, 1.165) is 40.8 Å². The van der Waals surface area contributed by atoms with Gasteiger partial charge in [0.25, 0.3) is 0 Å². The van der Waals surface area contributed by atoms with E-state index in [1.807, 2.05) is 54.5 Å². The van der Waals surface area contributed by atoms with Crippen LogP contribution in [0.15, 0.2) is 66.0 Å². The number of carbonyl (C=O) groups is 1. The quantitative estimate of drug-likeness (QED) is 0.408. The van der Waals surface area contributed by atoms with Crippen LogP contribution in [0.25, 0.3) is 22.6 Å². The van der Waals surface area contributed by atoms with Crippen LogP contribution in [0.2, 0.25) is 0 Å². The van der Waals surface area contributed by atoms with E-state index in [9.17, 15) is 4.79 Å². The molecule has 0 spiro atoms. The fourth-order valence-electron chi connectivity index (χ4n) is 4.27. The maximum Gasteiger partial charge on any atom is 0.233 e. The minimum atomic E-state index is 0.132. The Morgan fingerprint density at radius 1 is 1.03 bits per heavy atom. The van der Waals surface area contributed by atoms with Gasteiger partial charge in [0.05, 0.1) is 11.3 Å². The predicted octanol–water partition coefficient (Wildman–Crippen LogP) is 4.04. The van der Waals surface area contributed by atoms with Crippen molar-refractivity contribution < 1.29 is 4.79 Å². The Balaban J connectivity index is 1.34. The van der Waals surface area contributed by atoms with Crippen molar-refractivity contribution in [2.24, 2.45) is 7.05 Å². The molecule has 0 fully saturated rings. The first-order valence-corrected chi connectivity index (χ1v) is 12.1. The first-order valence-electron chi connectivity index (χ1n) is 11.1. The number of aromatic nitrogens is 5. The highest BCUT2D eigenvalue weighted by molar-refractivity contribution is 7.99. The summed E-state index contributed by atoms with van der Waals surface area (Å²) in [6.45, 7) is 4.22. The molecule has 0 aliphatic carbocycles. The summed E-state index contributed by atoms with van der Waals surface area (Å²) in [4.78, 5) is 14.9. The Morgan fingerprint density at radius 2 is 1.79 bits per heavy atom. The van der Waals surface area contributed by atoms with Gasteiger partial charge >= 0.3 is 0 Å². The maximum absolute atomic E-state index is 12.9. The van der Waals surface area contributed by atoms with Crippen LogP contribution >= 0.6 is 11.8 Å². The van der Waals surface area contributed by atoms with Crippen molar-refractivity contribution in [3.05, 3.63) is 71.9 Å². The Morgan fingerprint density at radius 3 is 2.58 bits per heavy atom. The smallest absolute Gasteiger partial charge is 0.233 e. The number of aryl methyl sites for hydroxylation is 1. The molecule has 7 nitrogen and oxygen atoms in total. The molecule has 5 rings (SSSR count). The monoisotopic (exact) mass is 458 g/mol. The highest BCUT2D eigenvalue weighted by Gasteiger charge is 2.23. The molecular formula is C25H26N6OS. The Kier molecular flexibility index (Phi) is 6.00. The van der Waals surface area contributed by atoms with Crippen molar-refractivity contribution in [3.8, 4) is 22.6 Å². The average Bonchev–Trinajstić information content (AvgIpc) is 3.45. The first kappa shape index (κ1) is 21.5. The van der Waals surface area contributed by atoms with E-state index in [4.69, 9.17) is 0 Å². The molecule has 0 saturated heterocycles. The van der Waals surface area contributed by atoms with Crippen LogP contribution in [0.5, 0.6) is 0 Å². The van der Waals surface area contributed by atoms with Crippen LogP contribution in [0.4, 0.5) is 0 Å². The molecule has 0 saturated carbocycles. The van der Waals surface area contributed by atoms with Gasteiger partial charge in [0.2, 0.25) is 5.91 Å². The zero-order valence-corrected chi connectivity index (χ0v) is 19.6. The van der Waals surface area contributed by atoms with Crippen LogP contribution in [0.1, 0.15) is 18.1 Å². The average molecular weight is 459 g/mol. The van der Waals surface area contributed by atoms with Crippen LogP contribution in [-0.2, 0) is 31.4 Å². The molecule has 0 unspecified atom stereocenters. The van der Waals surface area contributed by atoms with E-state index in [1.165, 1.54) is 22.9 Å². The number of thioether (sulfide) groups is 1. The highest BCUT2D eigenvalue weighted by atomic mass is 32.2. The highest BCUT2D eigenvalue weighted by Crippen LogP contribution is 2.32. The number of nitrogens with zero attached hydrogens (tertiary/aromatic N) is 6. The fraction of sp³-hybridized carbons (Fsp3) is 0.280. The summed E-state index contributed by atoms with van der Waals surface area (Å²) in [5.41, 5.74) is 5.43. The normalized spacial score (nSPS) is 13.2. The molecule has 168 valence electrons. The third kappa shape index (κ3) is 4.30. The van der Waals surface area contributed by atoms with Crippen molar-refractivity contribution in [2.75, 3.05) is 12.3 Å². The summed E-state index contributed by atoms with van der Waals surface area (Å²) in [6.07, 6.45) is 2.88. The van der Waals surface area contributed by atoms with Gasteiger partial charge in [0.15, 0.2) is 11.0 Å². The van der Waals surface area contributed by atoms with Crippen LogP contribution in [-0.4, -0.2) is 47.6 Å². The fourth-order valence-corrected chi connectivity index (χ4v) is 5.17. The molecule has 1 aliphatic rings. The molecule has 3 heterocycles. The van der Waals surface area contributed by atoms with Gasteiger partial charge in [-0.3, -0.25) is 9.48 Å². The van der Waals surface area contributed by atoms with Gasteiger partial charge in [-0.05, 0) is 24.5 Å². The Labute approximate surface area is 197 Å². The van der Waals surface area contributed by atoms with E-state index in [-0.39, 0.29) is 5.91 Å². The molecule has 2 aromatic carbocycles. The largest absolute Gasteiger partial charge is 0.337 e. The lowest BCUT2D eigenvalue weighted by Gasteiger charge is -2.28. The van der Waals surface area contributed by atoms with Gasteiger partial charge in [-0.2, -0.15) is 5.10 Å². The second kappa shape index (κ2) is 9.23. The van der Waals surface area contributed by atoms with Gasteiger partial charge in [-0.15, -0.1) is 10.2 Å². The van der Waals surface area contributed by atoms with Gasteiger partial charge in [-0.1, -0.05) is 66.4 Å². The van der Waals surface area contributed by atoms with Gasteiger partial charge in [0.1, 0.15) is 5.69 Å². The summed E-state index contributed by atoms with van der Waals surface area (Å²) in [5.74, 6) is 1.25. The summed E-state index contributed by atoms with van der Waals surface area (Å²) in [5, 5.41) is 14.3. The zero-order valence-electron chi connectivity index (χ0n) is 18.8. The van der Waals surface area contributed by atoms with E-state index in [2.05, 4.69) is 45.0 Å². The summed E-state index contributed by atoms with van der Waals surface area (Å²) in [7, 11) is 1.91. The number of fused-ring (bicyclic) bond motifs is 1. The molecule has 0 atom stereocenters. The lowest BCUT2D eigenvalue weighted by atomic mass is 10.00. The molecule has 2 aromatic heterocycles. The van der Waals surface area contributed by atoms with Crippen LogP contribution in [0.3, 0.4) is 0 Å². The summed E-state index contributed by atoms with van der Waals surface area (Å²) >= 11 is 1.45. The molecule has 0 radical (unpaired) electrons. The van der Waals surface area contributed by atoms with Crippen molar-refractivity contribution in [1.29, 1.82) is 0 Å². The van der Waals surface area contributed by atoms with E-state index in [1.54, 1.807) is 4.68 Å². The molecule has 0 N–H and O–H groups in total. The third-order valence-corrected chi connectivity index (χ3v) is 6.91. The minimum Gasteiger partial charge on any atom is -0.337 e. The minimum absolute atomic E-state index is 0.132. The van der Waals surface area contributed by atoms with Crippen molar-refractivity contribution in [3.63, 3.8) is 0 Å². The number of carbonyl (C=O) groups excluding carboxylic acids is 1. The van der Waals surface area contributed by atoms with Crippen LogP contribution < -0.4 is 0 Å². The number of hydrogen-bond acceptors (Lipinski definition) is 5. The van der Waals surface area contributed by atoms with Gasteiger partial charge in [-0.25, -0.2) is 0 Å². The maximum atomic E-state index is 12.9. The number of benzene rings is 2. The second-order valence-electron chi connectivity index (χ2n) is 8.10. The van der Waals surface area contributed by atoms with E-state index < -0.39 is 0 Å². The zero-order chi connectivity index (χ0) is 22.8. The summed E-state index contributed by atoms with van der Waals surface area (Å²) in [6, 6.07) is 18.5.